The lowest BCUT2D eigenvalue weighted by atomic mass is 10.1. The molecule has 15 heavy (non-hydrogen) atoms. The fourth-order valence-corrected chi connectivity index (χ4v) is 2.78. The van der Waals surface area contributed by atoms with E-state index < -0.39 is 6.10 Å². The standard InChI is InChI=1S/C11H10INOS/c1-7-2-8(5-13-4-7)11(14)9-3-10(12)15-6-9/h2-6,11,14H,1H3. The average Bonchev–Trinajstić information content (AvgIpc) is 2.64. The van der Waals surface area contributed by atoms with Crippen molar-refractivity contribution in [2.75, 3.05) is 0 Å². The summed E-state index contributed by atoms with van der Waals surface area (Å²) in [6.45, 7) is 1.97. The van der Waals surface area contributed by atoms with Gasteiger partial charge in [0.2, 0.25) is 0 Å². The van der Waals surface area contributed by atoms with E-state index >= 15 is 0 Å². The first-order chi connectivity index (χ1) is 7.16. The van der Waals surface area contributed by atoms with Gasteiger partial charge in [0.15, 0.2) is 0 Å². The largest absolute Gasteiger partial charge is 0.384 e. The van der Waals surface area contributed by atoms with Crippen molar-refractivity contribution >= 4 is 33.9 Å². The SMILES string of the molecule is Cc1cncc(C(O)c2csc(I)c2)c1. The van der Waals surface area contributed by atoms with Gasteiger partial charge in [0.1, 0.15) is 6.10 Å². The Hall–Kier alpha value is -0.460. The zero-order valence-electron chi connectivity index (χ0n) is 8.14. The minimum Gasteiger partial charge on any atom is -0.384 e. The van der Waals surface area contributed by atoms with Gasteiger partial charge >= 0.3 is 0 Å². The lowest BCUT2D eigenvalue weighted by Gasteiger charge is -2.08. The van der Waals surface area contributed by atoms with Crippen LogP contribution >= 0.6 is 33.9 Å². The summed E-state index contributed by atoms with van der Waals surface area (Å²) in [7, 11) is 0. The highest BCUT2D eigenvalue weighted by atomic mass is 127. The van der Waals surface area contributed by atoms with Crippen molar-refractivity contribution in [2.24, 2.45) is 0 Å². The molecule has 1 atom stereocenters. The predicted octanol–water partition coefficient (Wildman–Crippen LogP) is 3.14. The summed E-state index contributed by atoms with van der Waals surface area (Å²) < 4.78 is 1.18. The summed E-state index contributed by atoms with van der Waals surface area (Å²) in [5.74, 6) is 0. The van der Waals surface area contributed by atoms with Crippen molar-refractivity contribution in [3.8, 4) is 0 Å². The molecule has 0 amide bonds. The Kier molecular flexibility index (Phi) is 3.38. The van der Waals surface area contributed by atoms with Crippen LogP contribution in [0.1, 0.15) is 22.8 Å². The van der Waals surface area contributed by atoms with E-state index in [4.69, 9.17) is 0 Å². The Morgan fingerprint density at radius 3 is 2.73 bits per heavy atom. The number of rotatable bonds is 2. The van der Waals surface area contributed by atoms with Gasteiger partial charge in [0, 0.05) is 18.0 Å². The molecule has 1 unspecified atom stereocenters. The first-order valence-corrected chi connectivity index (χ1v) is 6.46. The number of aliphatic hydroxyl groups is 1. The van der Waals surface area contributed by atoms with Crippen molar-refractivity contribution in [3.05, 3.63) is 49.5 Å². The first kappa shape index (κ1) is 11.0. The molecule has 1 N–H and O–H groups in total. The number of thiophene rings is 1. The third-order valence-corrected chi connectivity index (χ3v) is 3.92. The topological polar surface area (TPSA) is 33.1 Å². The smallest absolute Gasteiger partial charge is 0.106 e. The molecular weight excluding hydrogens is 321 g/mol. The van der Waals surface area contributed by atoms with E-state index in [-0.39, 0.29) is 0 Å². The van der Waals surface area contributed by atoms with Crippen LogP contribution in [0.4, 0.5) is 0 Å². The van der Waals surface area contributed by atoms with E-state index in [1.165, 1.54) is 2.88 Å². The first-order valence-electron chi connectivity index (χ1n) is 4.50. The van der Waals surface area contributed by atoms with Gasteiger partial charge in [0.25, 0.3) is 0 Å². The number of pyridine rings is 1. The molecule has 2 nitrogen and oxygen atoms in total. The van der Waals surface area contributed by atoms with E-state index in [0.29, 0.717) is 0 Å². The van der Waals surface area contributed by atoms with Crippen LogP contribution in [0, 0.1) is 9.81 Å². The maximum absolute atomic E-state index is 10.1. The third-order valence-electron chi connectivity index (χ3n) is 2.12. The number of aromatic nitrogens is 1. The summed E-state index contributed by atoms with van der Waals surface area (Å²) >= 11 is 3.89. The van der Waals surface area contributed by atoms with E-state index in [2.05, 4.69) is 27.6 Å². The van der Waals surface area contributed by atoms with Crippen LogP contribution in [0.5, 0.6) is 0 Å². The van der Waals surface area contributed by atoms with Crippen molar-refractivity contribution in [1.29, 1.82) is 0 Å². The van der Waals surface area contributed by atoms with E-state index in [1.54, 1.807) is 23.7 Å². The Morgan fingerprint density at radius 2 is 2.13 bits per heavy atom. The van der Waals surface area contributed by atoms with Gasteiger partial charge < -0.3 is 5.11 Å². The molecule has 0 saturated heterocycles. The number of hydrogen-bond acceptors (Lipinski definition) is 3. The molecule has 0 bridgehead atoms. The predicted molar refractivity (Wildman–Crippen MR) is 70.1 cm³/mol. The molecule has 78 valence electrons. The summed E-state index contributed by atoms with van der Waals surface area (Å²) in [5, 5.41) is 12.1. The molecule has 2 aromatic rings. The second-order valence-corrected chi connectivity index (χ2v) is 6.19. The number of nitrogens with zero attached hydrogens (tertiary/aromatic N) is 1. The van der Waals surface area contributed by atoms with Crippen molar-refractivity contribution in [2.45, 2.75) is 13.0 Å². The molecule has 0 fully saturated rings. The number of hydrogen-bond donors (Lipinski definition) is 1. The quantitative estimate of drug-likeness (QED) is 0.858. The van der Waals surface area contributed by atoms with Crippen LogP contribution < -0.4 is 0 Å². The second kappa shape index (κ2) is 4.59. The van der Waals surface area contributed by atoms with Crippen molar-refractivity contribution in [1.82, 2.24) is 4.98 Å². The summed E-state index contributed by atoms with van der Waals surface area (Å²) in [5.41, 5.74) is 2.86. The monoisotopic (exact) mass is 331 g/mol. The third kappa shape index (κ3) is 2.56. The van der Waals surface area contributed by atoms with Crippen LogP contribution in [-0.2, 0) is 0 Å². The summed E-state index contributed by atoms with van der Waals surface area (Å²) in [6.07, 6.45) is 2.94. The lowest BCUT2D eigenvalue weighted by Crippen LogP contribution is -1.99. The van der Waals surface area contributed by atoms with Gasteiger partial charge in [-0.05, 0) is 52.1 Å². The van der Waals surface area contributed by atoms with Gasteiger partial charge in [0.05, 0.1) is 2.88 Å². The Balaban J connectivity index is 2.32. The molecule has 0 aliphatic carbocycles. The van der Waals surface area contributed by atoms with Gasteiger partial charge in [-0.1, -0.05) is 6.07 Å². The molecular formula is C11H10INOS. The van der Waals surface area contributed by atoms with Gasteiger partial charge in [-0.15, -0.1) is 11.3 Å². The molecule has 4 heteroatoms. The Labute approximate surface area is 106 Å². The molecule has 2 rings (SSSR count). The highest BCUT2D eigenvalue weighted by Crippen LogP contribution is 2.27. The highest BCUT2D eigenvalue weighted by molar-refractivity contribution is 14.1. The fourth-order valence-electron chi connectivity index (χ4n) is 1.39. The summed E-state index contributed by atoms with van der Waals surface area (Å²) in [4.78, 5) is 4.08. The van der Waals surface area contributed by atoms with Crippen LogP contribution in [0.15, 0.2) is 29.9 Å². The Bertz CT molecular complexity index is 469. The van der Waals surface area contributed by atoms with Crippen LogP contribution in [0.3, 0.4) is 0 Å². The normalized spacial score (nSPS) is 12.7. The van der Waals surface area contributed by atoms with Crippen LogP contribution in [-0.4, -0.2) is 10.1 Å². The molecule has 0 saturated carbocycles. The molecule has 0 aromatic carbocycles. The molecule has 2 aromatic heterocycles. The lowest BCUT2D eigenvalue weighted by molar-refractivity contribution is 0.220. The van der Waals surface area contributed by atoms with Gasteiger partial charge in [-0.3, -0.25) is 4.98 Å². The maximum atomic E-state index is 10.1. The van der Waals surface area contributed by atoms with Crippen molar-refractivity contribution < 1.29 is 5.11 Å². The van der Waals surface area contributed by atoms with E-state index in [0.717, 1.165) is 16.7 Å². The average molecular weight is 331 g/mol. The molecule has 2 heterocycles. The molecule has 0 aliphatic rings. The van der Waals surface area contributed by atoms with E-state index in [9.17, 15) is 5.11 Å². The van der Waals surface area contributed by atoms with Crippen LogP contribution in [0.25, 0.3) is 0 Å². The number of aryl methyl sites for hydroxylation is 1. The minimum atomic E-state index is -0.558. The van der Waals surface area contributed by atoms with Gasteiger partial charge in [-0.25, -0.2) is 0 Å². The molecule has 0 spiro atoms. The summed E-state index contributed by atoms with van der Waals surface area (Å²) in [6, 6.07) is 3.96. The minimum absolute atomic E-state index is 0.558. The zero-order valence-corrected chi connectivity index (χ0v) is 11.1. The molecule has 0 aliphatic heterocycles. The van der Waals surface area contributed by atoms with Crippen LogP contribution in [0.2, 0.25) is 0 Å². The molecule has 0 radical (unpaired) electrons. The Morgan fingerprint density at radius 1 is 1.33 bits per heavy atom. The number of aliphatic hydroxyl groups excluding tert-OH is 1. The fraction of sp³-hybridized carbons (Fsp3) is 0.182. The number of halogens is 1. The second-order valence-electron chi connectivity index (χ2n) is 3.38. The van der Waals surface area contributed by atoms with E-state index in [1.807, 2.05) is 24.4 Å². The maximum Gasteiger partial charge on any atom is 0.106 e. The highest BCUT2D eigenvalue weighted by Gasteiger charge is 2.12. The van der Waals surface area contributed by atoms with Crippen molar-refractivity contribution in [3.63, 3.8) is 0 Å². The zero-order chi connectivity index (χ0) is 10.8. The van der Waals surface area contributed by atoms with Gasteiger partial charge in [-0.2, -0.15) is 0 Å².